The number of hydrogen-bond acceptors (Lipinski definition) is 5. The number of ketones is 1. The highest BCUT2D eigenvalue weighted by molar-refractivity contribution is 6.28. The number of ether oxygens (including phenoxy) is 1. The van der Waals surface area contributed by atoms with Crippen LogP contribution < -0.4 is 5.32 Å². The van der Waals surface area contributed by atoms with Crippen LogP contribution in [0.15, 0.2) is 24.3 Å². The molecule has 0 heterocycles. The summed E-state index contributed by atoms with van der Waals surface area (Å²) in [6.45, 7) is 1.94. The fourth-order valence-corrected chi connectivity index (χ4v) is 2.05. The Morgan fingerprint density at radius 3 is 2.52 bits per heavy atom. The number of carbonyl (C=O) groups excluding carboxylic acids is 2. The summed E-state index contributed by atoms with van der Waals surface area (Å²) in [7, 11) is 0. The molecule has 1 unspecified atom stereocenters. The van der Waals surface area contributed by atoms with Crippen LogP contribution in [0.2, 0.25) is 0 Å². The lowest BCUT2D eigenvalue weighted by Crippen LogP contribution is -2.41. The summed E-state index contributed by atoms with van der Waals surface area (Å²) in [6, 6.07) is 5.01. The average molecular weight is 343 g/mol. The minimum atomic E-state index is -0.720. The second-order valence-electron chi connectivity index (χ2n) is 4.94. The molecule has 1 amide bonds. The van der Waals surface area contributed by atoms with Crippen LogP contribution in [-0.2, 0) is 16.1 Å². The van der Waals surface area contributed by atoms with Crippen LogP contribution in [0.3, 0.4) is 0 Å². The van der Waals surface area contributed by atoms with Crippen molar-refractivity contribution in [2.45, 2.75) is 38.8 Å². The molecule has 0 aliphatic heterocycles. The minimum absolute atomic E-state index is 0.0365. The number of carbonyl (C=O) groups is 2. The Balaban J connectivity index is 2.50. The average Bonchev–Trinajstić information content (AvgIpc) is 2.56. The molecule has 1 atom stereocenters. The highest BCUT2D eigenvalue weighted by atomic mass is 35.5. The van der Waals surface area contributed by atoms with Crippen molar-refractivity contribution >= 4 is 29.2 Å². The molecular formula is C15H19ClN2O5. The van der Waals surface area contributed by atoms with Gasteiger partial charge in [0.05, 0.1) is 16.8 Å². The number of nitro groups is 1. The van der Waals surface area contributed by atoms with Gasteiger partial charge in [-0.05, 0) is 24.1 Å². The van der Waals surface area contributed by atoms with Gasteiger partial charge in [-0.1, -0.05) is 19.8 Å². The SMILES string of the molecule is CCCCC(NC(=O)OCc1ccc([N+](=O)[O-])cc1)C(=O)CCl. The number of non-ortho nitro benzene ring substituents is 1. The van der Waals surface area contributed by atoms with Gasteiger partial charge in [0.1, 0.15) is 6.61 Å². The number of nitrogens with zero attached hydrogens (tertiary/aromatic N) is 1. The van der Waals surface area contributed by atoms with Crippen molar-refractivity contribution in [3.05, 3.63) is 39.9 Å². The van der Waals surface area contributed by atoms with Crippen molar-refractivity contribution in [2.75, 3.05) is 5.88 Å². The van der Waals surface area contributed by atoms with E-state index in [0.717, 1.165) is 12.8 Å². The molecule has 0 aliphatic carbocycles. The maximum absolute atomic E-state index is 11.7. The maximum atomic E-state index is 11.7. The Labute approximate surface area is 139 Å². The van der Waals surface area contributed by atoms with E-state index < -0.39 is 17.1 Å². The molecule has 0 aromatic heterocycles. The molecule has 0 saturated carbocycles. The molecule has 0 bridgehead atoms. The van der Waals surface area contributed by atoms with Gasteiger partial charge in [0, 0.05) is 12.1 Å². The zero-order chi connectivity index (χ0) is 17.2. The lowest BCUT2D eigenvalue weighted by molar-refractivity contribution is -0.384. The van der Waals surface area contributed by atoms with Crippen LogP contribution >= 0.6 is 11.6 Å². The predicted molar refractivity (Wildman–Crippen MR) is 85.5 cm³/mol. The largest absolute Gasteiger partial charge is 0.445 e. The molecule has 1 N–H and O–H groups in total. The van der Waals surface area contributed by atoms with Crippen LogP contribution in [-0.4, -0.2) is 28.7 Å². The Morgan fingerprint density at radius 1 is 1.35 bits per heavy atom. The summed E-state index contributed by atoms with van der Waals surface area (Å²) in [5, 5.41) is 13.0. The number of rotatable bonds is 9. The highest BCUT2D eigenvalue weighted by Gasteiger charge is 2.20. The standard InChI is InChI=1S/C15H19ClN2O5/c1-2-3-4-13(14(19)9-16)17-15(20)23-10-11-5-7-12(8-6-11)18(21)22/h5-8,13H,2-4,9-10H2,1H3,(H,17,20). The highest BCUT2D eigenvalue weighted by Crippen LogP contribution is 2.12. The zero-order valence-electron chi connectivity index (χ0n) is 12.8. The molecule has 7 nitrogen and oxygen atoms in total. The topological polar surface area (TPSA) is 98.5 Å². The van der Waals surface area contributed by atoms with Gasteiger partial charge in [0.25, 0.3) is 5.69 Å². The van der Waals surface area contributed by atoms with E-state index in [2.05, 4.69) is 5.32 Å². The maximum Gasteiger partial charge on any atom is 0.408 e. The third-order valence-electron chi connectivity index (χ3n) is 3.18. The van der Waals surface area contributed by atoms with Gasteiger partial charge in [-0.2, -0.15) is 0 Å². The molecule has 1 rings (SSSR count). The van der Waals surface area contributed by atoms with E-state index in [9.17, 15) is 19.7 Å². The number of amides is 1. The van der Waals surface area contributed by atoms with Crippen LogP contribution in [0.25, 0.3) is 0 Å². The molecule has 1 aromatic rings. The summed E-state index contributed by atoms with van der Waals surface area (Å²) < 4.78 is 5.02. The normalized spacial score (nSPS) is 11.6. The lowest BCUT2D eigenvalue weighted by atomic mass is 10.1. The number of halogens is 1. The van der Waals surface area contributed by atoms with Gasteiger partial charge >= 0.3 is 6.09 Å². The molecular weight excluding hydrogens is 324 g/mol. The van der Waals surface area contributed by atoms with Crippen molar-refractivity contribution in [1.82, 2.24) is 5.32 Å². The van der Waals surface area contributed by atoms with Gasteiger partial charge in [-0.15, -0.1) is 11.6 Å². The number of Topliss-reactive ketones (excluding diaryl/α,β-unsaturated/α-hetero) is 1. The summed E-state index contributed by atoms with van der Waals surface area (Å²) in [5.41, 5.74) is 0.574. The Kier molecular flexibility index (Phi) is 8.04. The molecule has 0 radical (unpaired) electrons. The van der Waals surface area contributed by atoms with E-state index in [-0.39, 0.29) is 24.0 Å². The second-order valence-corrected chi connectivity index (χ2v) is 5.21. The van der Waals surface area contributed by atoms with Gasteiger partial charge in [-0.3, -0.25) is 14.9 Å². The number of nitro benzene ring substituents is 1. The summed E-state index contributed by atoms with van der Waals surface area (Å²) in [6.07, 6.45) is 1.47. The van der Waals surface area contributed by atoms with Crippen molar-refractivity contribution in [2.24, 2.45) is 0 Å². The molecule has 0 fully saturated rings. The first-order valence-electron chi connectivity index (χ1n) is 7.23. The van der Waals surface area contributed by atoms with E-state index in [1.54, 1.807) is 0 Å². The first-order valence-corrected chi connectivity index (χ1v) is 7.76. The Hall–Kier alpha value is -2.15. The smallest absolute Gasteiger partial charge is 0.408 e. The second kappa shape index (κ2) is 9.78. The first kappa shape index (κ1) is 18.9. The molecule has 126 valence electrons. The van der Waals surface area contributed by atoms with Crippen molar-refractivity contribution in [3.63, 3.8) is 0 Å². The van der Waals surface area contributed by atoms with Crippen LogP contribution in [0.4, 0.5) is 10.5 Å². The van der Waals surface area contributed by atoms with Crippen LogP contribution in [0, 0.1) is 10.1 Å². The molecule has 0 saturated heterocycles. The van der Waals surface area contributed by atoms with Gasteiger partial charge in [-0.25, -0.2) is 4.79 Å². The monoisotopic (exact) mass is 342 g/mol. The van der Waals surface area contributed by atoms with Crippen molar-refractivity contribution in [1.29, 1.82) is 0 Å². The fourth-order valence-electron chi connectivity index (χ4n) is 1.86. The molecule has 1 aromatic carbocycles. The van der Waals surface area contributed by atoms with Crippen LogP contribution in [0.1, 0.15) is 31.7 Å². The molecule has 8 heteroatoms. The van der Waals surface area contributed by atoms with Crippen molar-refractivity contribution < 1.29 is 19.2 Å². The summed E-state index contributed by atoms with van der Waals surface area (Å²) in [4.78, 5) is 33.5. The number of alkyl carbamates (subject to hydrolysis) is 1. The van der Waals surface area contributed by atoms with E-state index in [4.69, 9.17) is 16.3 Å². The lowest BCUT2D eigenvalue weighted by Gasteiger charge is -2.16. The first-order chi connectivity index (χ1) is 11.0. The third kappa shape index (κ3) is 6.65. The fraction of sp³-hybridized carbons (Fsp3) is 0.467. The molecule has 0 aliphatic rings. The summed E-state index contributed by atoms with van der Waals surface area (Å²) in [5.74, 6) is -0.427. The number of nitrogens with one attached hydrogen (secondary N) is 1. The Bertz CT molecular complexity index is 547. The predicted octanol–water partition coefficient (Wildman–Crippen LogP) is 3.19. The number of hydrogen-bond donors (Lipinski definition) is 1. The van der Waals surface area contributed by atoms with Crippen molar-refractivity contribution in [3.8, 4) is 0 Å². The summed E-state index contributed by atoms with van der Waals surface area (Å²) >= 11 is 5.53. The number of benzene rings is 1. The number of unbranched alkanes of at least 4 members (excludes halogenated alkanes) is 1. The minimum Gasteiger partial charge on any atom is -0.445 e. The number of alkyl halides is 1. The van der Waals surface area contributed by atoms with Gasteiger partial charge in [0.2, 0.25) is 0 Å². The quantitative estimate of drug-likeness (QED) is 0.422. The molecule has 0 spiro atoms. The third-order valence-corrected chi connectivity index (χ3v) is 3.44. The Morgan fingerprint density at radius 2 is 2.00 bits per heavy atom. The van der Waals surface area contributed by atoms with E-state index >= 15 is 0 Å². The van der Waals surface area contributed by atoms with E-state index in [0.29, 0.717) is 12.0 Å². The molecule has 23 heavy (non-hydrogen) atoms. The van der Waals surface area contributed by atoms with Gasteiger partial charge in [0.15, 0.2) is 5.78 Å². The zero-order valence-corrected chi connectivity index (χ0v) is 13.5. The van der Waals surface area contributed by atoms with Crippen LogP contribution in [0.5, 0.6) is 0 Å². The van der Waals surface area contributed by atoms with Gasteiger partial charge < -0.3 is 10.1 Å². The van der Waals surface area contributed by atoms with E-state index in [1.165, 1.54) is 24.3 Å². The van der Waals surface area contributed by atoms with E-state index in [1.807, 2.05) is 6.92 Å².